The van der Waals surface area contributed by atoms with E-state index in [1.165, 1.54) is 6.42 Å². The number of aromatic nitrogens is 2. The van der Waals surface area contributed by atoms with Crippen LogP contribution in [-0.2, 0) is 11.3 Å². The first-order valence-electron chi connectivity index (χ1n) is 6.82. The van der Waals surface area contributed by atoms with Crippen LogP contribution in [0.15, 0.2) is 18.5 Å². The lowest BCUT2D eigenvalue weighted by molar-refractivity contribution is -0.131. The second-order valence-electron chi connectivity index (χ2n) is 4.74. The summed E-state index contributed by atoms with van der Waals surface area (Å²) in [5.41, 5.74) is 0. The Morgan fingerprint density at radius 1 is 1.28 bits per heavy atom. The smallest absolute Gasteiger partial charge is 0.236 e. The van der Waals surface area contributed by atoms with Gasteiger partial charge in [-0.1, -0.05) is 0 Å². The maximum atomic E-state index is 11.8. The Kier molecular flexibility index (Phi) is 5.20. The summed E-state index contributed by atoms with van der Waals surface area (Å²) in [4.78, 5) is 13.8. The highest BCUT2D eigenvalue weighted by molar-refractivity contribution is 5.78. The van der Waals surface area contributed by atoms with Crippen LogP contribution in [0.25, 0.3) is 0 Å². The molecule has 0 spiro atoms. The molecule has 0 atom stereocenters. The van der Waals surface area contributed by atoms with Gasteiger partial charge in [-0.05, 0) is 38.3 Å². The molecule has 0 radical (unpaired) electrons. The first kappa shape index (κ1) is 13.1. The van der Waals surface area contributed by atoms with Crippen molar-refractivity contribution < 1.29 is 4.79 Å². The van der Waals surface area contributed by atoms with Gasteiger partial charge < -0.3 is 10.2 Å². The van der Waals surface area contributed by atoms with Crippen molar-refractivity contribution in [1.82, 2.24) is 20.0 Å². The minimum absolute atomic E-state index is 0.244. The number of amides is 1. The predicted octanol–water partition coefficient (Wildman–Crippen LogP) is 0.875. The molecule has 0 bridgehead atoms. The summed E-state index contributed by atoms with van der Waals surface area (Å²) in [6.07, 6.45) is 8.32. The highest BCUT2D eigenvalue weighted by atomic mass is 16.2. The van der Waals surface area contributed by atoms with Crippen molar-refractivity contribution in [2.75, 3.05) is 26.2 Å². The van der Waals surface area contributed by atoms with Crippen molar-refractivity contribution in [3.63, 3.8) is 0 Å². The Bertz CT molecular complexity index is 344. The number of piperidine rings is 1. The maximum Gasteiger partial charge on any atom is 0.236 e. The van der Waals surface area contributed by atoms with Gasteiger partial charge in [-0.2, -0.15) is 5.10 Å². The summed E-state index contributed by atoms with van der Waals surface area (Å²) in [6, 6.07) is 1.92. The van der Waals surface area contributed by atoms with Crippen LogP contribution in [0, 0.1) is 0 Å². The van der Waals surface area contributed by atoms with Gasteiger partial charge >= 0.3 is 0 Å². The SMILES string of the molecule is O=C(CNCCCn1cccn1)N1CCCCC1. The number of nitrogens with zero attached hydrogens (tertiary/aromatic N) is 3. The van der Waals surface area contributed by atoms with Crippen LogP contribution in [-0.4, -0.2) is 46.8 Å². The molecule has 1 aliphatic rings. The van der Waals surface area contributed by atoms with Gasteiger partial charge in [0.05, 0.1) is 6.54 Å². The third kappa shape index (κ3) is 4.14. The van der Waals surface area contributed by atoms with Gasteiger partial charge in [0.15, 0.2) is 0 Å². The fourth-order valence-electron chi connectivity index (χ4n) is 2.25. The molecule has 1 aromatic rings. The minimum atomic E-state index is 0.244. The van der Waals surface area contributed by atoms with E-state index in [1.807, 2.05) is 21.8 Å². The van der Waals surface area contributed by atoms with Crippen molar-refractivity contribution in [1.29, 1.82) is 0 Å². The summed E-state index contributed by atoms with van der Waals surface area (Å²) in [5, 5.41) is 7.35. The number of hydrogen-bond donors (Lipinski definition) is 1. The van der Waals surface area contributed by atoms with E-state index < -0.39 is 0 Å². The summed E-state index contributed by atoms with van der Waals surface area (Å²) < 4.78 is 1.91. The van der Waals surface area contributed by atoms with Crippen molar-refractivity contribution in [3.8, 4) is 0 Å². The van der Waals surface area contributed by atoms with Gasteiger partial charge in [0, 0.05) is 32.0 Å². The van der Waals surface area contributed by atoms with Gasteiger partial charge in [-0.25, -0.2) is 0 Å². The van der Waals surface area contributed by atoms with Gasteiger partial charge in [0.1, 0.15) is 0 Å². The topological polar surface area (TPSA) is 50.2 Å². The molecule has 5 nitrogen and oxygen atoms in total. The third-order valence-electron chi connectivity index (χ3n) is 3.28. The third-order valence-corrected chi connectivity index (χ3v) is 3.28. The quantitative estimate of drug-likeness (QED) is 0.762. The van der Waals surface area contributed by atoms with E-state index in [0.29, 0.717) is 6.54 Å². The molecule has 1 aliphatic heterocycles. The van der Waals surface area contributed by atoms with Crippen LogP contribution < -0.4 is 5.32 Å². The van der Waals surface area contributed by atoms with E-state index in [2.05, 4.69) is 10.4 Å². The zero-order valence-corrected chi connectivity index (χ0v) is 10.8. The minimum Gasteiger partial charge on any atom is -0.342 e. The number of hydrogen-bond acceptors (Lipinski definition) is 3. The fourth-order valence-corrected chi connectivity index (χ4v) is 2.25. The van der Waals surface area contributed by atoms with E-state index in [0.717, 1.165) is 45.4 Å². The number of aryl methyl sites for hydroxylation is 1. The summed E-state index contributed by atoms with van der Waals surface area (Å²) >= 11 is 0. The van der Waals surface area contributed by atoms with E-state index in [9.17, 15) is 4.79 Å². The van der Waals surface area contributed by atoms with Gasteiger partial charge in [-0.15, -0.1) is 0 Å². The summed E-state index contributed by atoms with van der Waals surface area (Å²) in [7, 11) is 0. The van der Waals surface area contributed by atoms with Gasteiger partial charge in [0.2, 0.25) is 5.91 Å². The number of carbonyl (C=O) groups excluding carboxylic acids is 1. The van der Waals surface area contributed by atoms with Crippen LogP contribution in [0.4, 0.5) is 0 Å². The molecule has 18 heavy (non-hydrogen) atoms. The second kappa shape index (κ2) is 7.16. The maximum absolute atomic E-state index is 11.8. The molecule has 2 heterocycles. The lowest BCUT2D eigenvalue weighted by atomic mass is 10.1. The van der Waals surface area contributed by atoms with Gasteiger partial charge in [-0.3, -0.25) is 9.48 Å². The van der Waals surface area contributed by atoms with Crippen LogP contribution in [0.1, 0.15) is 25.7 Å². The highest BCUT2D eigenvalue weighted by Gasteiger charge is 2.15. The van der Waals surface area contributed by atoms with E-state index in [-0.39, 0.29) is 5.91 Å². The number of rotatable bonds is 6. The molecule has 1 saturated heterocycles. The highest BCUT2D eigenvalue weighted by Crippen LogP contribution is 2.08. The Morgan fingerprint density at radius 3 is 2.83 bits per heavy atom. The molecule has 0 saturated carbocycles. The summed E-state index contributed by atoms with van der Waals surface area (Å²) in [6.45, 7) is 4.11. The predicted molar refractivity (Wildman–Crippen MR) is 70.1 cm³/mol. The molecule has 100 valence electrons. The Morgan fingerprint density at radius 2 is 2.11 bits per heavy atom. The van der Waals surface area contributed by atoms with Crippen molar-refractivity contribution in [3.05, 3.63) is 18.5 Å². The standard InChI is InChI=1S/C13H22N4O/c18-13(16-8-2-1-3-9-16)12-14-6-4-10-17-11-5-7-15-17/h5,7,11,14H,1-4,6,8-10,12H2. The molecule has 1 N–H and O–H groups in total. The van der Waals surface area contributed by atoms with E-state index in [1.54, 1.807) is 6.20 Å². The molecule has 1 aromatic heterocycles. The lowest BCUT2D eigenvalue weighted by Crippen LogP contribution is -2.41. The first-order valence-corrected chi connectivity index (χ1v) is 6.82. The zero-order chi connectivity index (χ0) is 12.6. The number of nitrogens with one attached hydrogen (secondary N) is 1. The zero-order valence-electron chi connectivity index (χ0n) is 10.8. The Hall–Kier alpha value is -1.36. The number of carbonyl (C=O) groups is 1. The van der Waals surface area contributed by atoms with Crippen LogP contribution >= 0.6 is 0 Å². The molecule has 0 aromatic carbocycles. The molecular weight excluding hydrogens is 228 g/mol. The van der Waals surface area contributed by atoms with E-state index >= 15 is 0 Å². The van der Waals surface area contributed by atoms with Crippen LogP contribution in [0.5, 0.6) is 0 Å². The molecule has 1 fully saturated rings. The molecule has 1 amide bonds. The van der Waals surface area contributed by atoms with Crippen LogP contribution in [0.3, 0.4) is 0 Å². The molecule has 0 aliphatic carbocycles. The van der Waals surface area contributed by atoms with Crippen molar-refractivity contribution in [2.45, 2.75) is 32.2 Å². The van der Waals surface area contributed by atoms with Crippen LogP contribution in [0.2, 0.25) is 0 Å². The second-order valence-corrected chi connectivity index (χ2v) is 4.74. The van der Waals surface area contributed by atoms with Crippen molar-refractivity contribution in [2.24, 2.45) is 0 Å². The Balaban J connectivity index is 1.53. The average molecular weight is 250 g/mol. The fraction of sp³-hybridized carbons (Fsp3) is 0.692. The van der Waals surface area contributed by atoms with Gasteiger partial charge in [0.25, 0.3) is 0 Å². The first-order chi connectivity index (χ1) is 8.86. The Labute approximate surface area is 108 Å². The largest absolute Gasteiger partial charge is 0.342 e. The van der Waals surface area contributed by atoms with E-state index in [4.69, 9.17) is 0 Å². The molecule has 2 rings (SSSR count). The number of likely N-dealkylation sites (tertiary alicyclic amines) is 1. The molecule has 5 heteroatoms. The lowest BCUT2D eigenvalue weighted by Gasteiger charge is -2.26. The molecule has 0 unspecified atom stereocenters. The van der Waals surface area contributed by atoms with Crippen molar-refractivity contribution >= 4 is 5.91 Å². The molecular formula is C13H22N4O. The normalized spacial score (nSPS) is 15.9. The summed E-state index contributed by atoms with van der Waals surface area (Å²) in [5.74, 6) is 0.244. The monoisotopic (exact) mass is 250 g/mol. The average Bonchev–Trinajstić information content (AvgIpc) is 2.92.